The van der Waals surface area contributed by atoms with Crippen LogP contribution in [0.1, 0.15) is 66.4 Å². The van der Waals surface area contributed by atoms with E-state index in [1.165, 1.54) is 20.8 Å². The molecule has 1 N–H and O–H groups in total. The Kier molecular flexibility index (Phi) is 12.0. The van der Waals surface area contributed by atoms with E-state index in [0.717, 1.165) is 24.8 Å². The van der Waals surface area contributed by atoms with Crippen molar-refractivity contribution in [2.45, 2.75) is 104 Å². The quantitative estimate of drug-likeness (QED) is 0.322. The van der Waals surface area contributed by atoms with Crippen LogP contribution in [0.15, 0.2) is 30.3 Å². The van der Waals surface area contributed by atoms with Crippen molar-refractivity contribution >= 4 is 24.0 Å². The predicted molar refractivity (Wildman–Crippen MR) is 146 cm³/mol. The number of carbonyl (C=O) groups is 4. The predicted octanol–water partition coefficient (Wildman–Crippen LogP) is 3.91. The molecule has 11 heteroatoms. The zero-order chi connectivity index (χ0) is 30.1. The Morgan fingerprint density at radius 3 is 2.20 bits per heavy atom. The SMILES string of the molecule is CC(=O)OC[C@H]1O[C@H](O[C@@H]2C[C@H](C)CC[C@H]2C(C)C)[C@@H](NC(=O)OCc2ccccc2)[C@@H](OC(C)=O)[C@@H]1OC(C)=O. The number of hydrogen-bond donors (Lipinski definition) is 1. The Morgan fingerprint density at radius 2 is 1.59 bits per heavy atom. The summed E-state index contributed by atoms with van der Waals surface area (Å²) in [7, 11) is 0. The molecular weight excluding hydrogens is 534 g/mol. The molecule has 0 aromatic heterocycles. The van der Waals surface area contributed by atoms with Gasteiger partial charge in [0.2, 0.25) is 0 Å². The maximum atomic E-state index is 13.0. The second-order valence-corrected chi connectivity index (χ2v) is 11.2. The van der Waals surface area contributed by atoms with Crippen LogP contribution in [-0.2, 0) is 49.4 Å². The maximum absolute atomic E-state index is 13.0. The molecule has 1 aromatic carbocycles. The summed E-state index contributed by atoms with van der Waals surface area (Å²) in [4.78, 5) is 49.1. The first kappa shape index (κ1) is 32.3. The van der Waals surface area contributed by atoms with E-state index in [0.29, 0.717) is 11.8 Å². The molecular formula is C30H43NO10. The third kappa shape index (κ3) is 9.71. The summed E-state index contributed by atoms with van der Waals surface area (Å²) in [5.74, 6) is -0.943. The summed E-state index contributed by atoms with van der Waals surface area (Å²) < 4.78 is 34.7. The number of rotatable bonds is 10. The zero-order valence-corrected chi connectivity index (χ0v) is 24.7. The Balaban J connectivity index is 1.94. The molecule has 0 radical (unpaired) electrons. The van der Waals surface area contributed by atoms with Crippen LogP contribution < -0.4 is 5.32 Å². The van der Waals surface area contributed by atoms with Crippen LogP contribution in [-0.4, -0.2) is 67.4 Å². The molecule has 1 heterocycles. The highest BCUT2D eigenvalue weighted by Gasteiger charge is 2.53. The van der Waals surface area contributed by atoms with Gasteiger partial charge in [-0.25, -0.2) is 4.79 Å². The second-order valence-electron chi connectivity index (χ2n) is 11.2. The number of benzene rings is 1. The first-order chi connectivity index (χ1) is 19.4. The molecule has 1 saturated carbocycles. The molecule has 0 bridgehead atoms. The van der Waals surface area contributed by atoms with Crippen molar-refractivity contribution in [3.63, 3.8) is 0 Å². The first-order valence-corrected chi connectivity index (χ1v) is 14.2. The Morgan fingerprint density at radius 1 is 0.927 bits per heavy atom. The van der Waals surface area contributed by atoms with Crippen LogP contribution >= 0.6 is 0 Å². The average molecular weight is 578 g/mol. The fraction of sp³-hybridized carbons (Fsp3) is 0.667. The highest BCUT2D eigenvalue weighted by atomic mass is 16.7. The summed E-state index contributed by atoms with van der Waals surface area (Å²) in [6.07, 6.45) is -2.80. The highest BCUT2D eigenvalue weighted by molar-refractivity contribution is 5.69. The number of hydrogen-bond acceptors (Lipinski definition) is 10. The minimum Gasteiger partial charge on any atom is -0.463 e. The summed E-state index contributed by atoms with van der Waals surface area (Å²) in [6.45, 7) is 9.79. The monoisotopic (exact) mass is 577 g/mol. The Bertz CT molecular complexity index is 1030. The number of alkyl carbamates (subject to hydrolysis) is 1. The van der Waals surface area contributed by atoms with Crippen LogP contribution in [0.3, 0.4) is 0 Å². The molecule has 8 atom stereocenters. The van der Waals surface area contributed by atoms with E-state index < -0.39 is 54.6 Å². The topological polar surface area (TPSA) is 136 Å². The summed E-state index contributed by atoms with van der Waals surface area (Å²) >= 11 is 0. The van der Waals surface area contributed by atoms with E-state index >= 15 is 0 Å². The number of nitrogens with one attached hydrogen (secondary N) is 1. The molecule has 1 aromatic rings. The van der Waals surface area contributed by atoms with Crippen molar-refractivity contribution < 1.29 is 47.6 Å². The zero-order valence-electron chi connectivity index (χ0n) is 24.7. The lowest BCUT2D eigenvalue weighted by atomic mass is 9.75. The van der Waals surface area contributed by atoms with E-state index in [2.05, 4.69) is 26.1 Å². The van der Waals surface area contributed by atoms with Crippen LogP contribution in [0.4, 0.5) is 4.79 Å². The van der Waals surface area contributed by atoms with Crippen LogP contribution in [0.5, 0.6) is 0 Å². The second kappa shape index (κ2) is 15.2. The van der Waals surface area contributed by atoms with Gasteiger partial charge in [-0.15, -0.1) is 0 Å². The minimum atomic E-state index is -1.22. The average Bonchev–Trinajstić information content (AvgIpc) is 2.89. The van der Waals surface area contributed by atoms with E-state index in [1.54, 1.807) is 0 Å². The van der Waals surface area contributed by atoms with Gasteiger partial charge in [0.1, 0.15) is 25.4 Å². The third-order valence-corrected chi connectivity index (χ3v) is 7.47. The molecule has 1 aliphatic heterocycles. The van der Waals surface area contributed by atoms with Crippen molar-refractivity contribution in [2.75, 3.05) is 6.61 Å². The van der Waals surface area contributed by atoms with Crippen molar-refractivity contribution in [1.29, 1.82) is 0 Å². The van der Waals surface area contributed by atoms with Crippen molar-refractivity contribution in [3.05, 3.63) is 35.9 Å². The van der Waals surface area contributed by atoms with Crippen molar-refractivity contribution in [3.8, 4) is 0 Å². The van der Waals surface area contributed by atoms with Gasteiger partial charge in [-0.1, -0.05) is 57.5 Å². The fourth-order valence-electron chi connectivity index (χ4n) is 5.52. The molecule has 2 fully saturated rings. The van der Waals surface area contributed by atoms with Crippen molar-refractivity contribution in [2.24, 2.45) is 17.8 Å². The smallest absolute Gasteiger partial charge is 0.407 e. The number of ether oxygens (including phenoxy) is 6. The lowest BCUT2D eigenvalue weighted by molar-refractivity contribution is -0.295. The van der Waals surface area contributed by atoms with Gasteiger partial charge in [0.15, 0.2) is 18.5 Å². The van der Waals surface area contributed by atoms with E-state index in [4.69, 9.17) is 28.4 Å². The van der Waals surface area contributed by atoms with Gasteiger partial charge in [0.05, 0.1) is 6.10 Å². The van der Waals surface area contributed by atoms with Gasteiger partial charge in [-0.05, 0) is 36.2 Å². The molecule has 41 heavy (non-hydrogen) atoms. The standard InChI is InChI=1S/C30H43NO10/c1-17(2)23-13-12-18(3)14-24(23)40-29-26(31-30(35)37-15-22-10-8-7-9-11-22)28(39-21(6)34)27(38-20(5)33)25(41-29)16-36-19(4)32/h7-11,17-18,23-29H,12-16H2,1-6H3,(H,31,35)/t18-,23+,24-,25-,26+,27-,28-,29+/m1/s1. The van der Waals surface area contributed by atoms with Crippen LogP contribution in [0.2, 0.25) is 0 Å². The highest BCUT2D eigenvalue weighted by Crippen LogP contribution is 2.38. The molecule has 3 rings (SSSR count). The normalized spacial score (nSPS) is 29.7. The fourth-order valence-corrected chi connectivity index (χ4v) is 5.52. The Hall–Kier alpha value is -3.18. The number of esters is 3. The first-order valence-electron chi connectivity index (χ1n) is 14.2. The third-order valence-electron chi connectivity index (χ3n) is 7.47. The van der Waals surface area contributed by atoms with Crippen LogP contribution in [0, 0.1) is 17.8 Å². The lowest BCUT2D eigenvalue weighted by Crippen LogP contribution is -2.67. The van der Waals surface area contributed by atoms with Crippen LogP contribution in [0.25, 0.3) is 0 Å². The van der Waals surface area contributed by atoms with E-state index in [9.17, 15) is 19.2 Å². The summed E-state index contributed by atoms with van der Waals surface area (Å²) in [6, 6.07) is 8.04. The molecule has 228 valence electrons. The molecule has 0 spiro atoms. The largest absolute Gasteiger partial charge is 0.463 e. The van der Waals surface area contributed by atoms with Gasteiger partial charge in [-0.3, -0.25) is 14.4 Å². The van der Waals surface area contributed by atoms with E-state index in [-0.39, 0.29) is 25.2 Å². The molecule has 2 aliphatic rings. The van der Waals surface area contributed by atoms with Crippen molar-refractivity contribution in [1.82, 2.24) is 5.32 Å². The van der Waals surface area contributed by atoms with E-state index in [1.807, 2.05) is 30.3 Å². The van der Waals surface area contributed by atoms with Gasteiger partial charge in [0, 0.05) is 20.8 Å². The van der Waals surface area contributed by atoms with Gasteiger partial charge >= 0.3 is 24.0 Å². The Labute approximate surface area is 241 Å². The number of amides is 1. The molecule has 1 saturated heterocycles. The molecule has 1 amide bonds. The summed E-state index contributed by atoms with van der Waals surface area (Å²) in [5, 5.41) is 2.74. The maximum Gasteiger partial charge on any atom is 0.407 e. The van der Waals surface area contributed by atoms with Gasteiger partial charge in [-0.2, -0.15) is 0 Å². The number of carbonyl (C=O) groups excluding carboxylic acids is 4. The molecule has 11 nitrogen and oxygen atoms in total. The van der Waals surface area contributed by atoms with Gasteiger partial charge in [0.25, 0.3) is 0 Å². The molecule has 0 unspecified atom stereocenters. The lowest BCUT2D eigenvalue weighted by Gasteiger charge is -2.47. The minimum absolute atomic E-state index is 0.00200. The summed E-state index contributed by atoms with van der Waals surface area (Å²) in [5.41, 5.74) is 0.780. The molecule has 1 aliphatic carbocycles. The van der Waals surface area contributed by atoms with Gasteiger partial charge < -0.3 is 33.7 Å².